The molecule has 7 nitrogen and oxygen atoms in total. The molecule has 2 heterocycles. The normalized spacial score (nSPS) is 12.2. The molecule has 0 atom stereocenters. The molecule has 132 valence electrons. The van der Waals surface area contributed by atoms with E-state index in [1.165, 1.54) is 0 Å². The van der Waals surface area contributed by atoms with Gasteiger partial charge in [-0.3, -0.25) is 10.1 Å². The van der Waals surface area contributed by atoms with Crippen LogP contribution in [0.3, 0.4) is 0 Å². The van der Waals surface area contributed by atoms with Crippen LogP contribution < -0.4 is 14.8 Å². The summed E-state index contributed by atoms with van der Waals surface area (Å²) in [6, 6.07) is 13.2. The Morgan fingerprint density at radius 1 is 1.12 bits per heavy atom. The maximum absolute atomic E-state index is 12.2. The van der Waals surface area contributed by atoms with E-state index in [9.17, 15) is 4.79 Å². The largest absolute Gasteiger partial charge is 0.454 e. The molecule has 1 aliphatic rings. The molecule has 0 unspecified atom stereocenters. The number of amides is 1. The number of thioether (sulfide) groups is 1. The van der Waals surface area contributed by atoms with Crippen LogP contribution in [0.4, 0.5) is 6.01 Å². The fraction of sp³-hybridized carbons (Fsp3) is 0.167. The number of nitrogens with one attached hydrogen (secondary N) is 1. The lowest BCUT2D eigenvalue weighted by Gasteiger charge is -2.02. The third-order valence-electron chi connectivity index (χ3n) is 3.81. The molecule has 0 aliphatic carbocycles. The fourth-order valence-corrected chi connectivity index (χ4v) is 2.92. The van der Waals surface area contributed by atoms with Crippen LogP contribution >= 0.6 is 11.8 Å². The molecule has 0 radical (unpaired) electrons. The van der Waals surface area contributed by atoms with Gasteiger partial charge in [-0.1, -0.05) is 17.2 Å². The zero-order chi connectivity index (χ0) is 17.9. The van der Waals surface area contributed by atoms with Gasteiger partial charge in [0.15, 0.2) is 11.5 Å². The summed E-state index contributed by atoms with van der Waals surface area (Å²) in [6.45, 7) is 0.196. The van der Waals surface area contributed by atoms with Gasteiger partial charge in [0.25, 0.3) is 0 Å². The maximum Gasteiger partial charge on any atom is 0.322 e. The van der Waals surface area contributed by atoms with Gasteiger partial charge >= 0.3 is 6.01 Å². The van der Waals surface area contributed by atoms with E-state index in [0.717, 1.165) is 10.5 Å². The van der Waals surface area contributed by atoms with Crippen molar-refractivity contribution in [3.05, 3.63) is 48.0 Å². The first-order valence-electron chi connectivity index (χ1n) is 7.87. The van der Waals surface area contributed by atoms with Gasteiger partial charge in [0.1, 0.15) is 0 Å². The van der Waals surface area contributed by atoms with E-state index in [4.69, 9.17) is 13.9 Å². The topological polar surface area (TPSA) is 86.5 Å². The third-order valence-corrected chi connectivity index (χ3v) is 4.56. The second-order valence-corrected chi connectivity index (χ2v) is 6.43. The first-order chi connectivity index (χ1) is 12.7. The number of nitrogens with zero attached hydrogens (tertiary/aromatic N) is 2. The van der Waals surface area contributed by atoms with Crippen molar-refractivity contribution in [2.75, 3.05) is 18.4 Å². The van der Waals surface area contributed by atoms with Crippen LogP contribution in [-0.2, 0) is 11.2 Å². The van der Waals surface area contributed by atoms with Gasteiger partial charge in [-0.05, 0) is 42.2 Å². The van der Waals surface area contributed by atoms with Gasteiger partial charge in [0.2, 0.25) is 18.6 Å². The van der Waals surface area contributed by atoms with Gasteiger partial charge in [0, 0.05) is 10.5 Å². The molecule has 0 spiro atoms. The molecule has 1 amide bonds. The van der Waals surface area contributed by atoms with Crippen LogP contribution in [0.1, 0.15) is 5.56 Å². The smallest absolute Gasteiger partial charge is 0.322 e. The lowest BCUT2D eigenvalue weighted by atomic mass is 10.1. The van der Waals surface area contributed by atoms with Crippen molar-refractivity contribution in [3.63, 3.8) is 0 Å². The zero-order valence-electron chi connectivity index (χ0n) is 13.9. The first-order valence-corrected chi connectivity index (χ1v) is 9.10. The number of fused-ring (bicyclic) bond motifs is 1. The zero-order valence-corrected chi connectivity index (χ0v) is 14.7. The maximum atomic E-state index is 12.2. The SMILES string of the molecule is CSc1ccc(CC(=O)Nc2nnc(-c3ccc4c(c3)OCO4)o2)cc1. The summed E-state index contributed by atoms with van der Waals surface area (Å²) in [5, 5.41) is 10.5. The molecular weight excluding hydrogens is 354 g/mol. The summed E-state index contributed by atoms with van der Waals surface area (Å²) >= 11 is 1.66. The molecule has 0 saturated heterocycles. The van der Waals surface area contributed by atoms with Gasteiger partial charge < -0.3 is 13.9 Å². The average molecular weight is 369 g/mol. The van der Waals surface area contributed by atoms with E-state index < -0.39 is 0 Å². The number of carbonyl (C=O) groups excluding carboxylic acids is 1. The monoisotopic (exact) mass is 369 g/mol. The Hall–Kier alpha value is -3.00. The lowest BCUT2D eigenvalue weighted by molar-refractivity contribution is -0.115. The summed E-state index contributed by atoms with van der Waals surface area (Å²) in [6.07, 6.45) is 2.24. The lowest BCUT2D eigenvalue weighted by Crippen LogP contribution is -2.14. The summed E-state index contributed by atoms with van der Waals surface area (Å²) in [5.41, 5.74) is 1.60. The van der Waals surface area contributed by atoms with E-state index in [1.54, 1.807) is 30.0 Å². The number of hydrogen-bond acceptors (Lipinski definition) is 7. The highest BCUT2D eigenvalue weighted by molar-refractivity contribution is 7.98. The highest BCUT2D eigenvalue weighted by Crippen LogP contribution is 2.35. The Bertz CT molecular complexity index is 940. The van der Waals surface area contributed by atoms with E-state index in [1.807, 2.05) is 30.5 Å². The molecule has 2 aromatic carbocycles. The standard InChI is InChI=1S/C18H15N3O4S/c1-26-13-5-2-11(3-6-13)8-16(22)19-18-21-20-17(25-18)12-4-7-14-15(9-12)24-10-23-14/h2-7,9H,8,10H2,1H3,(H,19,21,22). The van der Waals surface area contributed by atoms with Crippen molar-refractivity contribution < 1.29 is 18.7 Å². The van der Waals surface area contributed by atoms with Crippen LogP contribution in [0, 0.1) is 0 Å². The van der Waals surface area contributed by atoms with Gasteiger partial charge in [-0.15, -0.1) is 16.9 Å². The molecule has 1 aromatic heterocycles. The average Bonchev–Trinajstić information content (AvgIpc) is 3.30. The van der Waals surface area contributed by atoms with Crippen molar-refractivity contribution >= 4 is 23.7 Å². The molecule has 1 N–H and O–H groups in total. The summed E-state index contributed by atoms with van der Waals surface area (Å²) < 4.78 is 16.1. The highest BCUT2D eigenvalue weighted by atomic mass is 32.2. The van der Waals surface area contributed by atoms with E-state index in [-0.39, 0.29) is 25.1 Å². The number of rotatable bonds is 5. The second-order valence-electron chi connectivity index (χ2n) is 5.55. The number of ether oxygens (including phenoxy) is 2. The van der Waals surface area contributed by atoms with E-state index in [0.29, 0.717) is 23.0 Å². The highest BCUT2D eigenvalue weighted by Gasteiger charge is 2.17. The van der Waals surface area contributed by atoms with E-state index >= 15 is 0 Å². The summed E-state index contributed by atoms with van der Waals surface area (Å²) in [5.74, 6) is 1.37. The number of aromatic nitrogens is 2. The second kappa shape index (κ2) is 7.09. The van der Waals surface area contributed by atoms with E-state index in [2.05, 4.69) is 15.5 Å². The minimum atomic E-state index is -0.220. The summed E-state index contributed by atoms with van der Waals surface area (Å²) in [7, 11) is 0. The number of hydrogen-bond donors (Lipinski definition) is 1. The van der Waals surface area contributed by atoms with Crippen LogP contribution in [0.2, 0.25) is 0 Å². The van der Waals surface area contributed by atoms with Crippen molar-refractivity contribution in [1.29, 1.82) is 0 Å². The van der Waals surface area contributed by atoms with Crippen LogP contribution in [0.5, 0.6) is 11.5 Å². The molecule has 26 heavy (non-hydrogen) atoms. The number of carbonyl (C=O) groups is 1. The Morgan fingerprint density at radius 2 is 1.92 bits per heavy atom. The third kappa shape index (κ3) is 3.50. The molecule has 3 aromatic rings. The predicted molar refractivity (Wildman–Crippen MR) is 96.4 cm³/mol. The van der Waals surface area contributed by atoms with Crippen molar-refractivity contribution in [2.24, 2.45) is 0 Å². The van der Waals surface area contributed by atoms with Crippen molar-refractivity contribution in [2.45, 2.75) is 11.3 Å². The molecule has 4 rings (SSSR count). The Labute approximate surface area is 153 Å². The molecule has 0 saturated carbocycles. The molecular formula is C18H15N3O4S. The Morgan fingerprint density at radius 3 is 2.73 bits per heavy atom. The Balaban J connectivity index is 1.42. The minimum Gasteiger partial charge on any atom is -0.454 e. The fourth-order valence-electron chi connectivity index (χ4n) is 2.51. The van der Waals surface area contributed by atoms with Gasteiger partial charge in [0.05, 0.1) is 6.42 Å². The van der Waals surface area contributed by atoms with Crippen molar-refractivity contribution in [3.8, 4) is 23.0 Å². The molecule has 1 aliphatic heterocycles. The molecule has 0 bridgehead atoms. The minimum absolute atomic E-state index is 0.0587. The number of anilines is 1. The predicted octanol–water partition coefficient (Wildman–Crippen LogP) is 3.37. The van der Waals surface area contributed by atoms with Crippen LogP contribution in [-0.4, -0.2) is 29.2 Å². The summed E-state index contributed by atoms with van der Waals surface area (Å²) in [4.78, 5) is 13.3. The molecule has 0 fully saturated rings. The quantitative estimate of drug-likeness (QED) is 0.690. The van der Waals surface area contributed by atoms with Crippen LogP contribution in [0.15, 0.2) is 51.8 Å². The first kappa shape index (κ1) is 16.5. The molecule has 8 heteroatoms. The van der Waals surface area contributed by atoms with Gasteiger partial charge in [-0.2, -0.15) is 0 Å². The number of benzene rings is 2. The van der Waals surface area contributed by atoms with Crippen LogP contribution in [0.25, 0.3) is 11.5 Å². The van der Waals surface area contributed by atoms with Crippen molar-refractivity contribution in [1.82, 2.24) is 10.2 Å². The van der Waals surface area contributed by atoms with Gasteiger partial charge in [-0.25, -0.2) is 0 Å². The Kier molecular flexibility index (Phi) is 4.49.